The lowest BCUT2D eigenvalue weighted by Crippen LogP contribution is -2.03. The molecule has 0 radical (unpaired) electrons. The van der Waals surface area contributed by atoms with E-state index in [1.54, 1.807) is 18.2 Å². The van der Waals surface area contributed by atoms with Crippen LogP contribution in [0, 0.1) is 0 Å². The lowest BCUT2D eigenvalue weighted by Gasteiger charge is -2.11. The van der Waals surface area contributed by atoms with E-state index in [1.807, 2.05) is 6.07 Å². The minimum absolute atomic E-state index is 0.0459. The quantitative estimate of drug-likeness (QED) is 0.834. The third-order valence-corrected chi connectivity index (χ3v) is 3.95. The maximum absolute atomic E-state index is 11.3. The van der Waals surface area contributed by atoms with Crippen LogP contribution in [-0.2, 0) is 11.2 Å². The Morgan fingerprint density at radius 3 is 2.74 bits per heavy atom. The van der Waals surface area contributed by atoms with Gasteiger partial charge >= 0.3 is 0 Å². The molecule has 0 saturated heterocycles. The molecular formula is C13H8Cl3NO2. The fraction of sp³-hybridized carbons (Fsp3) is 0.154. The van der Waals surface area contributed by atoms with Crippen molar-refractivity contribution in [2.45, 2.75) is 11.8 Å². The molecule has 0 bridgehead atoms. The van der Waals surface area contributed by atoms with Crippen LogP contribution in [-0.4, -0.2) is 5.91 Å². The molecule has 1 aromatic carbocycles. The number of hydrogen-bond donors (Lipinski definition) is 1. The SMILES string of the molecule is O=C1Cc2cc(C(Cl)c3ccc(Cl)o3)c(Cl)cc2N1. The number of hydrogen-bond acceptors (Lipinski definition) is 2. The summed E-state index contributed by atoms with van der Waals surface area (Å²) in [6, 6.07) is 6.85. The van der Waals surface area contributed by atoms with E-state index in [2.05, 4.69) is 5.32 Å². The second-order valence-corrected chi connectivity index (χ2v) is 5.48. The van der Waals surface area contributed by atoms with Crippen molar-refractivity contribution in [2.75, 3.05) is 5.32 Å². The van der Waals surface area contributed by atoms with Crippen LogP contribution in [0.3, 0.4) is 0 Å². The number of nitrogens with one attached hydrogen (secondary N) is 1. The Balaban J connectivity index is 2.02. The van der Waals surface area contributed by atoms with Gasteiger partial charge in [-0.2, -0.15) is 0 Å². The molecule has 98 valence electrons. The average Bonchev–Trinajstić information content (AvgIpc) is 2.92. The van der Waals surface area contributed by atoms with Gasteiger partial charge in [0.05, 0.1) is 6.42 Å². The predicted molar refractivity (Wildman–Crippen MR) is 75.2 cm³/mol. The maximum atomic E-state index is 11.3. The molecule has 0 aliphatic carbocycles. The van der Waals surface area contributed by atoms with Gasteiger partial charge < -0.3 is 9.73 Å². The number of amides is 1. The van der Waals surface area contributed by atoms with Gasteiger partial charge in [-0.25, -0.2) is 0 Å². The molecule has 0 fully saturated rings. The summed E-state index contributed by atoms with van der Waals surface area (Å²) in [6.07, 6.45) is 0.335. The minimum Gasteiger partial charge on any atom is -0.448 e. The molecule has 1 aromatic heterocycles. The molecule has 1 aliphatic heterocycles. The molecule has 0 saturated carbocycles. The number of anilines is 1. The lowest BCUT2D eigenvalue weighted by molar-refractivity contribution is -0.115. The first kappa shape index (κ1) is 12.9. The number of fused-ring (bicyclic) bond motifs is 1. The Kier molecular flexibility index (Phi) is 3.21. The van der Waals surface area contributed by atoms with Crippen molar-refractivity contribution >= 4 is 46.4 Å². The van der Waals surface area contributed by atoms with Crippen molar-refractivity contribution in [3.63, 3.8) is 0 Å². The molecule has 3 nitrogen and oxygen atoms in total. The van der Waals surface area contributed by atoms with Crippen LogP contribution in [0.15, 0.2) is 28.7 Å². The zero-order valence-corrected chi connectivity index (χ0v) is 11.8. The third-order valence-electron chi connectivity index (χ3n) is 2.96. The number of benzene rings is 1. The second kappa shape index (κ2) is 4.75. The number of alkyl halides is 1. The van der Waals surface area contributed by atoms with E-state index in [-0.39, 0.29) is 11.1 Å². The molecule has 1 aliphatic rings. The largest absolute Gasteiger partial charge is 0.448 e. The maximum Gasteiger partial charge on any atom is 0.228 e. The van der Waals surface area contributed by atoms with Crippen LogP contribution >= 0.6 is 34.8 Å². The Morgan fingerprint density at radius 1 is 1.26 bits per heavy atom. The summed E-state index contributed by atoms with van der Waals surface area (Å²) < 4.78 is 5.29. The molecule has 1 amide bonds. The molecule has 2 aromatic rings. The first-order valence-corrected chi connectivity index (χ1v) is 6.75. The van der Waals surface area contributed by atoms with Crippen molar-refractivity contribution in [2.24, 2.45) is 0 Å². The molecule has 19 heavy (non-hydrogen) atoms. The van der Waals surface area contributed by atoms with Gasteiger partial charge in [0.2, 0.25) is 5.91 Å². The molecule has 1 unspecified atom stereocenters. The van der Waals surface area contributed by atoms with Gasteiger partial charge in [-0.15, -0.1) is 11.6 Å². The molecule has 1 atom stereocenters. The highest BCUT2D eigenvalue weighted by Gasteiger charge is 2.24. The van der Waals surface area contributed by atoms with Crippen LogP contribution in [0.4, 0.5) is 5.69 Å². The summed E-state index contributed by atoms with van der Waals surface area (Å²) in [7, 11) is 0. The Hall–Kier alpha value is -1.16. The Bertz CT molecular complexity index is 666. The standard InChI is InChI=1S/C13H8Cl3NO2/c14-8-5-9-6(4-12(18)17-9)3-7(8)13(16)10-1-2-11(15)19-10/h1-3,5,13H,4H2,(H,17,18). The van der Waals surface area contributed by atoms with Gasteiger partial charge in [-0.05, 0) is 47.0 Å². The summed E-state index contributed by atoms with van der Waals surface area (Å²) in [5.41, 5.74) is 2.32. The molecule has 3 rings (SSSR count). The highest BCUT2D eigenvalue weighted by Crippen LogP contribution is 2.39. The van der Waals surface area contributed by atoms with Crippen molar-refractivity contribution in [3.8, 4) is 0 Å². The average molecular weight is 317 g/mol. The first-order chi connectivity index (χ1) is 9.04. The highest BCUT2D eigenvalue weighted by molar-refractivity contribution is 6.33. The normalized spacial score (nSPS) is 15.2. The molecule has 1 N–H and O–H groups in total. The monoisotopic (exact) mass is 315 g/mol. The zero-order valence-electron chi connectivity index (χ0n) is 9.54. The van der Waals surface area contributed by atoms with Crippen LogP contribution in [0.2, 0.25) is 10.2 Å². The van der Waals surface area contributed by atoms with Gasteiger partial charge in [0.1, 0.15) is 11.1 Å². The molecule has 2 heterocycles. The van der Waals surface area contributed by atoms with Gasteiger partial charge in [-0.3, -0.25) is 4.79 Å². The Labute approximate surface area is 124 Å². The van der Waals surface area contributed by atoms with E-state index in [9.17, 15) is 4.79 Å². The van der Waals surface area contributed by atoms with E-state index in [0.717, 1.165) is 11.3 Å². The molecular weight excluding hydrogens is 309 g/mol. The smallest absolute Gasteiger partial charge is 0.228 e. The van der Waals surface area contributed by atoms with Crippen LogP contribution in [0.25, 0.3) is 0 Å². The van der Waals surface area contributed by atoms with Crippen molar-refractivity contribution in [3.05, 3.63) is 51.4 Å². The molecule has 6 heteroatoms. The van der Waals surface area contributed by atoms with Crippen LogP contribution < -0.4 is 5.32 Å². The van der Waals surface area contributed by atoms with Crippen molar-refractivity contribution < 1.29 is 9.21 Å². The fourth-order valence-electron chi connectivity index (χ4n) is 2.08. The number of rotatable bonds is 2. The number of halogens is 3. The fourth-order valence-corrected chi connectivity index (χ4v) is 2.86. The topological polar surface area (TPSA) is 42.2 Å². The summed E-state index contributed by atoms with van der Waals surface area (Å²) >= 11 is 18.3. The Morgan fingerprint density at radius 2 is 2.05 bits per heavy atom. The second-order valence-electron chi connectivity index (χ2n) is 4.26. The van der Waals surface area contributed by atoms with Crippen molar-refractivity contribution in [1.82, 2.24) is 0 Å². The highest BCUT2D eigenvalue weighted by atomic mass is 35.5. The predicted octanol–water partition coefficient (Wildman–Crippen LogP) is 4.41. The van der Waals surface area contributed by atoms with E-state index < -0.39 is 5.38 Å². The lowest BCUT2D eigenvalue weighted by atomic mass is 10.0. The number of carbonyl (C=O) groups is 1. The first-order valence-electron chi connectivity index (χ1n) is 5.56. The summed E-state index contributed by atoms with van der Waals surface area (Å²) in [5.74, 6) is 0.473. The van der Waals surface area contributed by atoms with Gasteiger partial charge in [0.25, 0.3) is 0 Å². The minimum atomic E-state index is -0.541. The third kappa shape index (κ3) is 2.34. The van der Waals surface area contributed by atoms with Gasteiger partial charge in [0.15, 0.2) is 5.22 Å². The van der Waals surface area contributed by atoms with Crippen LogP contribution in [0.5, 0.6) is 0 Å². The van der Waals surface area contributed by atoms with E-state index >= 15 is 0 Å². The number of carbonyl (C=O) groups excluding carboxylic acids is 1. The van der Waals surface area contributed by atoms with Gasteiger partial charge in [0, 0.05) is 10.7 Å². The number of furan rings is 1. The van der Waals surface area contributed by atoms with Crippen molar-refractivity contribution in [1.29, 1.82) is 0 Å². The van der Waals surface area contributed by atoms with E-state index in [0.29, 0.717) is 22.8 Å². The summed E-state index contributed by atoms with van der Waals surface area (Å²) in [5, 5.41) is 2.95. The van der Waals surface area contributed by atoms with E-state index in [1.165, 1.54) is 0 Å². The van der Waals surface area contributed by atoms with E-state index in [4.69, 9.17) is 39.2 Å². The summed E-state index contributed by atoms with van der Waals surface area (Å²) in [4.78, 5) is 11.3. The van der Waals surface area contributed by atoms with Gasteiger partial charge in [-0.1, -0.05) is 11.6 Å². The molecule has 0 spiro atoms. The summed E-state index contributed by atoms with van der Waals surface area (Å²) in [6.45, 7) is 0. The van der Waals surface area contributed by atoms with Crippen LogP contribution in [0.1, 0.15) is 22.3 Å². The zero-order chi connectivity index (χ0) is 13.6.